The van der Waals surface area contributed by atoms with Crippen molar-refractivity contribution in [3.63, 3.8) is 0 Å². The van der Waals surface area contributed by atoms with Crippen molar-refractivity contribution in [1.29, 1.82) is 0 Å². The van der Waals surface area contributed by atoms with E-state index in [1.807, 2.05) is 0 Å². The van der Waals surface area contributed by atoms with Crippen LogP contribution in [-0.4, -0.2) is 5.91 Å². The first-order valence-corrected chi connectivity index (χ1v) is 6.09. The lowest BCUT2D eigenvalue weighted by atomic mass is 10.1. The number of hydrogen-bond acceptors (Lipinski definition) is 2. The van der Waals surface area contributed by atoms with Crippen LogP contribution in [0.2, 0.25) is 0 Å². The van der Waals surface area contributed by atoms with Gasteiger partial charge in [0, 0.05) is 5.69 Å². The summed E-state index contributed by atoms with van der Waals surface area (Å²) in [5.74, 6) is -0.0841. The zero-order chi connectivity index (χ0) is 13.3. The molecule has 2 rings (SSSR count). The number of hydrogen-bond donors (Lipinski definition) is 1. The van der Waals surface area contributed by atoms with E-state index in [2.05, 4.69) is 21.2 Å². The van der Waals surface area contributed by atoms with Crippen LogP contribution in [0.25, 0.3) is 0 Å². The number of nitrogens with one attached hydrogen (secondary N) is 1. The van der Waals surface area contributed by atoms with Crippen LogP contribution < -0.4 is 5.32 Å². The summed E-state index contributed by atoms with van der Waals surface area (Å²) in [6.45, 7) is 3.44. The summed E-state index contributed by atoms with van der Waals surface area (Å²) in [5, 5.41) is 2.73. The molecule has 0 bridgehead atoms. The lowest BCUT2D eigenvalue weighted by Gasteiger charge is -2.09. The van der Waals surface area contributed by atoms with Gasteiger partial charge in [0.05, 0.1) is 16.3 Å². The highest BCUT2D eigenvalue weighted by Gasteiger charge is 2.13. The van der Waals surface area contributed by atoms with E-state index in [9.17, 15) is 9.18 Å². The Kier molecular flexibility index (Phi) is 3.52. The summed E-state index contributed by atoms with van der Waals surface area (Å²) < 4.78 is 18.6. The fourth-order valence-corrected chi connectivity index (χ4v) is 1.93. The molecular weight excluding hydrogens is 301 g/mol. The summed E-state index contributed by atoms with van der Waals surface area (Å²) in [6, 6.07) is 4.50. The summed E-state index contributed by atoms with van der Waals surface area (Å²) in [4.78, 5) is 12.0. The zero-order valence-corrected chi connectivity index (χ0v) is 11.5. The van der Waals surface area contributed by atoms with Gasteiger partial charge < -0.3 is 9.73 Å². The number of carbonyl (C=O) groups excluding carboxylic acids is 1. The standard InChI is InChI=1S/C13H11BrFNO2/c1-7-5-11(15)10(14)6-12(7)16-13(17)9-3-4-18-8(9)2/h3-6H,1-2H3,(H,16,17). The van der Waals surface area contributed by atoms with Crippen molar-refractivity contribution in [2.24, 2.45) is 0 Å². The quantitative estimate of drug-likeness (QED) is 0.909. The lowest BCUT2D eigenvalue weighted by Crippen LogP contribution is -2.13. The molecule has 1 heterocycles. The molecule has 0 spiro atoms. The van der Waals surface area contributed by atoms with Crippen LogP contribution in [0, 0.1) is 19.7 Å². The monoisotopic (exact) mass is 311 g/mol. The van der Waals surface area contributed by atoms with Crippen molar-refractivity contribution in [3.05, 3.63) is 51.6 Å². The second-order valence-electron chi connectivity index (χ2n) is 3.93. The summed E-state index contributed by atoms with van der Waals surface area (Å²) >= 11 is 3.09. The first-order chi connectivity index (χ1) is 8.49. The van der Waals surface area contributed by atoms with Crippen molar-refractivity contribution < 1.29 is 13.6 Å². The van der Waals surface area contributed by atoms with E-state index >= 15 is 0 Å². The Bertz CT molecular complexity index is 607. The normalized spacial score (nSPS) is 10.4. The highest BCUT2D eigenvalue weighted by molar-refractivity contribution is 9.10. The highest BCUT2D eigenvalue weighted by Crippen LogP contribution is 2.25. The Morgan fingerprint density at radius 2 is 2.11 bits per heavy atom. The zero-order valence-electron chi connectivity index (χ0n) is 9.88. The van der Waals surface area contributed by atoms with Crippen molar-refractivity contribution in [2.75, 3.05) is 5.32 Å². The van der Waals surface area contributed by atoms with Crippen LogP contribution in [-0.2, 0) is 0 Å². The fraction of sp³-hybridized carbons (Fsp3) is 0.154. The average molecular weight is 312 g/mol. The number of furan rings is 1. The lowest BCUT2D eigenvalue weighted by molar-refractivity contribution is 0.102. The molecule has 0 unspecified atom stereocenters. The maximum Gasteiger partial charge on any atom is 0.259 e. The third-order valence-corrected chi connectivity index (χ3v) is 3.23. The molecule has 0 atom stereocenters. The molecule has 0 aliphatic heterocycles. The summed E-state index contributed by atoms with van der Waals surface area (Å²) in [5.41, 5.74) is 1.69. The number of rotatable bonds is 2. The Hall–Kier alpha value is -1.62. The number of aryl methyl sites for hydroxylation is 2. The molecule has 94 valence electrons. The van der Waals surface area contributed by atoms with E-state index < -0.39 is 0 Å². The van der Waals surface area contributed by atoms with Crippen molar-refractivity contribution >= 4 is 27.5 Å². The third kappa shape index (κ3) is 2.46. The highest BCUT2D eigenvalue weighted by atomic mass is 79.9. The predicted octanol–water partition coefficient (Wildman–Crippen LogP) is 4.05. The third-order valence-electron chi connectivity index (χ3n) is 2.62. The van der Waals surface area contributed by atoms with Gasteiger partial charge in [-0.3, -0.25) is 4.79 Å². The van der Waals surface area contributed by atoms with E-state index in [1.54, 1.807) is 19.9 Å². The van der Waals surface area contributed by atoms with Gasteiger partial charge in [-0.1, -0.05) is 0 Å². The van der Waals surface area contributed by atoms with E-state index in [0.717, 1.165) is 0 Å². The molecule has 1 N–H and O–H groups in total. The van der Waals surface area contributed by atoms with E-state index in [-0.39, 0.29) is 11.7 Å². The second kappa shape index (κ2) is 4.94. The Morgan fingerprint density at radius 1 is 1.39 bits per heavy atom. The number of amides is 1. The van der Waals surface area contributed by atoms with Crippen LogP contribution in [0.15, 0.2) is 33.4 Å². The minimum atomic E-state index is -0.356. The van der Waals surface area contributed by atoms with Gasteiger partial charge in [0.1, 0.15) is 11.6 Å². The van der Waals surface area contributed by atoms with Crippen molar-refractivity contribution in [2.45, 2.75) is 13.8 Å². The largest absolute Gasteiger partial charge is 0.469 e. The van der Waals surface area contributed by atoms with Crippen molar-refractivity contribution in [3.8, 4) is 0 Å². The second-order valence-corrected chi connectivity index (χ2v) is 4.78. The van der Waals surface area contributed by atoms with Crippen LogP contribution in [0.3, 0.4) is 0 Å². The van der Waals surface area contributed by atoms with Crippen LogP contribution >= 0.6 is 15.9 Å². The molecule has 5 heteroatoms. The predicted molar refractivity (Wildman–Crippen MR) is 70.2 cm³/mol. The molecule has 0 saturated heterocycles. The Balaban J connectivity index is 2.28. The van der Waals surface area contributed by atoms with E-state index in [4.69, 9.17) is 4.42 Å². The maximum atomic E-state index is 13.3. The summed E-state index contributed by atoms with van der Waals surface area (Å²) in [7, 11) is 0. The minimum Gasteiger partial charge on any atom is -0.469 e. The van der Waals surface area contributed by atoms with Gasteiger partial charge in [0.25, 0.3) is 5.91 Å². The molecule has 1 amide bonds. The van der Waals surface area contributed by atoms with Gasteiger partial charge in [-0.25, -0.2) is 4.39 Å². The molecule has 0 aliphatic rings. The molecule has 0 aliphatic carbocycles. The molecule has 3 nitrogen and oxygen atoms in total. The van der Waals surface area contributed by atoms with Gasteiger partial charge in [0.15, 0.2) is 0 Å². The number of carbonyl (C=O) groups is 1. The summed E-state index contributed by atoms with van der Waals surface area (Å²) in [6.07, 6.45) is 1.46. The molecule has 18 heavy (non-hydrogen) atoms. The molecule has 0 fully saturated rings. The smallest absolute Gasteiger partial charge is 0.259 e. The van der Waals surface area contributed by atoms with Crippen LogP contribution in [0.1, 0.15) is 21.7 Å². The van der Waals surface area contributed by atoms with Gasteiger partial charge in [0.2, 0.25) is 0 Å². The van der Waals surface area contributed by atoms with Crippen molar-refractivity contribution in [1.82, 2.24) is 0 Å². The van der Waals surface area contributed by atoms with Gasteiger partial charge in [-0.2, -0.15) is 0 Å². The Labute approximate surface area is 112 Å². The van der Waals surface area contributed by atoms with E-state index in [0.29, 0.717) is 27.0 Å². The fourth-order valence-electron chi connectivity index (χ4n) is 1.59. The number of benzene rings is 1. The average Bonchev–Trinajstić information content (AvgIpc) is 2.72. The molecule has 1 aromatic carbocycles. The molecule has 0 radical (unpaired) electrons. The van der Waals surface area contributed by atoms with Crippen LogP contribution in [0.5, 0.6) is 0 Å². The number of halogens is 2. The molecule has 1 aromatic heterocycles. The minimum absolute atomic E-state index is 0.275. The molecule has 0 saturated carbocycles. The molecular formula is C13H11BrFNO2. The van der Waals surface area contributed by atoms with Gasteiger partial charge in [-0.05, 0) is 53.5 Å². The first-order valence-electron chi connectivity index (χ1n) is 5.30. The number of anilines is 1. The maximum absolute atomic E-state index is 13.3. The topological polar surface area (TPSA) is 42.2 Å². The molecule has 2 aromatic rings. The SMILES string of the molecule is Cc1cc(F)c(Br)cc1NC(=O)c1ccoc1C. The first kappa shape index (κ1) is 12.8. The van der Waals surface area contributed by atoms with Gasteiger partial charge >= 0.3 is 0 Å². The van der Waals surface area contributed by atoms with Gasteiger partial charge in [-0.15, -0.1) is 0 Å². The Morgan fingerprint density at radius 3 is 2.72 bits per heavy atom. The van der Waals surface area contributed by atoms with Crippen LogP contribution in [0.4, 0.5) is 10.1 Å². The van der Waals surface area contributed by atoms with E-state index in [1.165, 1.54) is 18.4 Å².